The summed E-state index contributed by atoms with van der Waals surface area (Å²) in [6.07, 6.45) is 2.05. The van der Waals surface area contributed by atoms with E-state index in [9.17, 15) is 0 Å². The molecule has 0 fully saturated rings. The SMILES string of the molecule is [C-]#[N+]c1cccc2ccn(C(C)C)c12. The summed E-state index contributed by atoms with van der Waals surface area (Å²) < 4.78 is 2.14. The quantitative estimate of drug-likeness (QED) is 0.597. The highest BCUT2D eigenvalue weighted by molar-refractivity contribution is 5.92. The predicted octanol–water partition coefficient (Wildman–Crippen LogP) is 3.77. The summed E-state index contributed by atoms with van der Waals surface area (Å²) in [5, 5.41) is 1.15. The molecule has 2 rings (SSSR count). The molecule has 0 saturated heterocycles. The van der Waals surface area contributed by atoms with Gasteiger partial charge >= 0.3 is 0 Å². The molecule has 2 nitrogen and oxygen atoms in total. The molecule has 2 aromatic rings. The van der Waals surface area contributed by atoms with Gasteiger partial charge in [-0.1, -0.05) is 18.2 Å². The molecule has 1 heterocycles. The van der Waals surface area contributed by atoms with Crippen LogP contribution in [0.3, 0.4) is 0 Å². The maximum atomic E-state index is 7.11. The molecule has 0 amide bonds. The molecule has 0 N–H and O–H groups in total. The standard InChI is InChI=1S/C12H12N2/c1-9(2)14-8-7-10-5-4-6-11(13-3)12(10)14/h4-9H,1-2H3. The average Bonchev–Trinajstić information content (AvgIpc) is 2.60. The molecule has 70 valence electrons. The monoisotopic (exact) mass is 184 g/mol. The highest BCUT2D eigenvalue weighted by Crippen LogP contribution is 2.29. The van der Waals surface area contributed by atoms with Gasteiger partial charge in [0.25, 0.3) is 0 Å². The van der Waals surface area contributed by atoms with Crippen LogP contribution in [0.25, 0.3) is 15.7 Å². The predicted molar refractivity (Wildman–Crippen MR) is 58.6 cm³/mol. The molecule has 0 spiro atoms. The third-order valence-corrected chi connectivity index (χ3v) is 2.40. The van der Waals surface area contributed by atoms with Crippen LogP contribution in [0.15, 0.2) is 30.5 Å². The molecule has 0 unspecified atom stereocenters. The lowest BCUT2D eigenvalue weighted by Crippen LogP contribution is -1.97. The second-order valence-corrected chi connectivity index (χ2v) is 3.64. The van der Waals surface area contributed by atoms with Gasteiger partial charge in [-0.2, -0.15) is 0 Å². The molecule has 1 aromatic carbocycles. The van der Waals surface area contributed by atoms with Crippen molar-refractivity contribution in [1.29, 1.82) is 0 Å². The third kappa shape index (κ3) is 1.18. The van der Waals surface area contributed by atoms with Gasteiger partial charge in [-0.15, -0.1) is 0 Å². The molecule has 0 saturated carbocycles. The van der Waals surface area contributed by atoms with E-state index in [1.807, 2.05) is 24.4 Å². The number of hydrogen-bond acceptors (Lipinski definition) is 0. The maximum absolute atomic E-state index is 7.11. The van der Waals surface area contributed by atoms with Crippen molar-refractivity contribution in [2.24, 2.45) is 0 Å². The van der Waals surface area contributed by atoms with Crippen LogP contribution in [0.2, 0.25) is 0 Å². The second-order valence-electron chi connectivity index (χ2n) is 3.64. The Morgan fingerprint density at radius 1 is 1.29 bits per heavy atom. The van der Waals surface area contributed by atoms with Crippen molar-refractivity contribution in [1.82, 2.24) is 4.57 Å². The van der Waals surface area contributed by atoms with Gasteiger partial charge < -0.3 is 4.57 Å². The van der Waals surface area contributed by atoms with Crippen molar-refractivity contribution in [3.63, 3.8) is 0 Å². The van der Waals surface area contributed by atoms with Gasteiger partial charge in [0, 0.05) is 12.2 Å². The minimum Gasteiger partial charge on any atom is -0.354 e. The summed E-state index contributed by atoms with van der Waals surface area (Å²) in [5.41, 5.74) is 1.79. The number of nitrogens with zero attached hydrogens (tertiary/aromatic N) is 2. The minimum absolute atomic E-state index is 0.399. The smallest absolute Gasteiger partial charge is 0.210 e. The minimum atomic E-state index is 0.399. The number of aromatic nitrogens is 1. The zero-order chi connectivity index (χ0) is 10.1. The summed E-state index contributed by atoms with van der Waals surface area (Å²) >= 11 is 0. The van der Waals surface area contributed by atoms with Crippen LogP contribution in [0.1, 0.15) is 19.9 Å². The Balaban J connectivity index is 2.83. The molecule has 0 atom stereocenters. The van der Waals surface area contributed by atoms with Crippen molar-refractivity contribution in [3.8, 4) is 0 Å². The Labute approximate surface area is 83.6 Å². The van der Waals surface area contributed by atoms with Crippen LogP contribution < -0.4 is 0 Å². The third-order valence-electron chi connectivity index (χ3n) is 2.40. The molecule has 2 heteroatoms. The zero-order valence-electron chi connectivity index (χ0n) is 8.36. The first-order valence-corrected chi connectivity index (χ1v) is 4.71. The Hall–Kier alpha value is -1.75. The molecule has 0 bridgehead atoms. The fourth-order valence-corrected chi connectivity index (χ4v) is 1.72. The first-order chi connectivity index (χ1) is 6.74. The largest absolute Gasteiger partial charge is 0.354 e. The Morgan fingerprint density at radius 3 is 2.71 bits per heavy atom. The number of para-hydroxylation sites is 1. The molecular weight excluding hydrogens is 172 g/mol. The lowest BCUT2D eigenvalue weighted by Gasteiger charge is -2.10. The molecule has 14 heavy (non-hydrogen) atoms. The molecule has 0 aliphatic rings. The summed E-state index contributed by atoms with van der Waals surface area (Å²) in [4.78, 5) is 3.54. The van der Waals surface area contributed by atoms with E-state index < -0.39 is 0 Å². The highest BCUT2D eigenvalue weighted by Gasteiger charge is 2.07. The van der Waals surface area contributed by atoms with Crippen molar-refractivity contribution >= 4 is 16.6 Å². The van der Waals surface area contributed by atoms with Gasteiger partial charge in [-0.05, 0) is 25.3 Å². The van der Waals surface area contributed by atoms with Crippen LogP contribution in [-0.4, -0.2) is 4.57 Å². The van der Waals surface area contributed by atoms with E-state index in [1.54, 1.807) is 0 Å². The number of rotatable bonds is 1. The second kappa shape index (κ2) is 3.19. The zero-order valence-corrected chi connectivity index (χ0v) is 8.36. The normalized spacial score (nSPS) is 10.7. The first kappa shape index (κ1) is 8.83. The van der Waals surface area contributed by atoms with Crippen molar-refractivity contribution in [2.75, 3.05) is 0 Å². The molecule has 1 aromatic heterocycles. The summed E-state index contributed by atoms with van der Waals surface area (Å²) in [6.45, 7) is 11.4. The lowest BCUT2D eigenvalue weighted by molar-refractivity contribution is 0.623. The van der Waals surface area contributed by atoms with Crippen molar-refractivity contribution < 1.29 is 0 Å². The van der Waals surface area contributed by atoms with E-state index in [4.69, 9.17) is 6.57 Å². The Kier molecular flexibility index (Phi) is 2.01. The number of hydrogen-bond donors (Lipinski definition) is 0. The van der Waals surface area contributed by atoms with Crippen molar-refractivity contribution in [3.05, 3.63) is 41.9 Å². The highest BCUT2D eigenvalue weighted by atomic mass is 15.0. The number of benzene rings is 1. The van der Waals surface area contributed by atoms with Gasteiger partial charge in [0.15, 0.2) is 0 Å². The van der Waals surface area contributed by atoms with Gasteiger partial charge in [-0.25, -0.2) is 4.85 Å². The van der Waals surface area contributed by atoms with E-state index in [-0.39, 0.29) is 0 Å². The van der Waals surface area contributed by atoms with E-state index >= 15 is 0 Å². The van der Waals surface area contributed by atoms with Gasteiger partial charge in [0.2, 0.25) is 5.69 Å². The molecule has 0 aliphatic carbocycles. The van der Waals surface area contributed by atoms with E-state index in [0.29, 0.717) is 6.04 Å². The van der Waals surface area contributed by atoms with Crippen LogP contribution in [0.5, 0.6) is 0 Å². The van der Waals surface area contributed by atoms with Crippen LogP contribution >= 0.6 is 0 Å². The van der Waals surface area contributed by atoms with E-state index in [0.717, 1.165) is 16.6 Å². The first-order valence-electron chi connectivity index (χ1n) is 4.71. The summed E-state index contributed by atoms with van der Waals surface area (Å²) in [7, 11) is 0. The summed E-state index contributed by atoms with van der Waals surface area (Å²) in [6, 6.07) is 8.30. The van der Waals surface area contributed by atoms with E-state index in [2.05, 4.69) is 29.3 Å². The van der Waals surface area contributed by atoms with Crippen molar-refractivity contribution in [2.45, 2.75) is 19.9 Å². The van der Waals surface area contributed by atoms with Gasteiger partial charge in [0.1, 0.15) is 0 Å². The van der Waals surface area contributed by atoms with Crippen LogP contribution in [0, 0.1) is 6.57 Å². The van der Waals surface area contributed by atoms with Crippen LogP contribution in [0.4, 0.5) is 5.69 Å². The Morgan fingerprint density at radius 2 is 2.07 bits per heavy atom. The molecular formula is C12H12N2. The fraction of sp³-hybridized carbons (Fsp3) is 0.250. The molecule has 0 radical (unpaired) electrons. The van der Waals surface area contributed by atoms with Gasteiger partial charge in [0.05, 0.1) is 12.1 Å². The van der Waals surface area contributed by atoms with Crippen LogP contribution in [-0.2, 0) is 0 Å². The summed E-state index contributed by atoms with van der Waals surface area (Å²) in [5.74, 6) is 0. The average molecular weight is 184 g/mol. The topological polar surface area (TPSA) is 9.29 Å². The Bertz CT molecular complexity index is 501. The fourth-order valence-electron chi connectivity index (χ4n) is 1.72. The van der Waals surface area contributed by atoms with Gasteiger partial charge in [-0.3, -0.25) is 0 Å². The van der Waals surface area contributed by atoms with E-state index in [1.165, 1.54) is 0 Å². The maximum Gasteiger partial charge on any atom is 0.210 e. The molecule has 0 aliphatic heterocycles. The lowest BCUT2D eigenvalue weighted by atomic mass is 10.2. The number of fused-ring (bicyclic) bond motifs is 1.